The minimum atomic E-state index is -0.214. The van der Waals surface area contributed by atoms with E-state index >= 15 is 0 Å². The summed E-state index contributed by atoms with van der Waals surface area (Å²) < 4.78 is 10.6. The first kappa shape index (κ1) is 16.5. The second kappa shape index (κ2) is 7.05. The lowest BCUT2D eigenvalue weighted by Gasteiger charge is -2.29. The zero-order valence-electron chi connectivity index (χ0n) is 14.1. The SMILES string of the molecule is CCCN1C(=O)C(c2ccc(OC)cc2)=C(N2CCOCC2)C1=O. The van der Waals surface area contributed by atoms with Gasteiger partial charge < -0.3 is 14.4 Å². The van der Waals surface area contributed by atoms with Gasteiger partial charge in [0.1, 0.15) is 11.4 Å². The first-order valence-electron chi connectivity index (χ1n) is 8.25. The second-order valence-electron chi connectivity index (χ2n) is 5.81. The van der Waals surface area contributed by atoms with Gasteiger partial charge in [-0.15, -0.1) is 0 Å². The molecule has 0 bridgehead atoms. The molecule has 2 heterocycles. The molecule has 2 aliphatic rings. The van der Waals surface area contributed by atoms with Crippen molar-refractivity contribution in [1.29, 1.82) is 0 Å². The van der Waals surface area contributed by atoms with E-state index in [0.717, 1.165) is 17.7 Å². The van der Waals surface area contributed by atoms with Gasteiger partial charge in [0.05, 0.1) is 25.9 Å². The van der Waals surface area contributed by atoms with E-state index in [1.807, 2.05) is 24.0 Å². The normalized spacial score (nSPS) is 18.6. The molecule has 0 aliphatic carbocycles. The van der Waals surface area contributed by atoms with E-state index in [9.17, 15) is 9.59 Å². The van der Waals surface area contributed by atoms with E-state index in [-0.39, 0.29) is 11.8 Å². The maximum atomic E-state index is 12.9. The lowest BCUT2D eigenvalue weighted by Crippen LogP contribution is -2.40. The van der Waals surface area contributed by atoms with Crippen LogP contribution in [0.3, 0.4) is 0 Å². The number of imide groups is 1. The van der Waals surface area contributed by atoms with Gasteiger partial charge in [0.15, 0.2) is 0 Å². The number of carbonyl (C=O) groups excluding carboxylic acids is 2. The number of benzene rings is 1. The van der Waals surface area contributed by atoms with Crippen molar-refractivity contribution >= 4 is 17.4 Å². The fraction of sp³-hybridized carbons (Fsp3) is 0.444. The first-order chi connectivity index (χ1) is 11.7. The van der Waals surface area contributed by atoms with Crippen molar-refractivity contribution in [2.75, 3.05) is 40.0 Å². The van der Waals surface area contributed by atoms with Gasteiger partial charge in [-0.05, 0) is 24.1 Å². The van der Waals surface area contributed by atoms with E-state index in [4.69, 9.17) is 9.47 Å². The Morgan fingerprint density at radius 3 is 2.33 bits per heavy atom. The molecule has 1 aromatic carbocycles. The highest BCUT2D eigenvalue weighted by Crippen LogP contribution is 2.32. The summed E-state index contributed by atoms with van der Waals surface area (Å²) >= 11 is 0. The van der Waals surface area contributed by atoms with E-state index in [2.05, 4.69) is 0 Å². The maximum absolute atomic E-state index is 12.9. The van der Waals surface area contributed by atoms with Crippen LogP contribution in [0.5, 0.6) is 5.75 Å². The Bertz CT molecular complexity index is 660. The number of hydrogen-bond acceptors (Lipinski definition) is 5. The highest BCUT2D eigenvalue weighted by Gasteiger charge is 2.41. The van der Waals surface area contributed by atoms with Crippen molar-refractivity contribution in [3.05, 3.63) is 35.5 Å². The average molecular weight is 330 g/mol. The summed E-state index contributed by atoms with van der Waals surface area (Å²) in [5.41, 5.74) is 1.73. The summed E-state index contributed by atoms with van der Waals surface area (Å²) in [7, 11) is 1.60. The number of hydrogen-bond donors (Lipinski definition) is 0. The van der Waals surface area contributed by atoms with Gasteiger partial charge in [-0.3, -0.25) is 14.5 Å². The van der Waals surface area contributed by atoms with Crippen LogP contribution < -0.4 is 4.74 Å². The molecule has 1 aromatic rings. The van der Waals surface area contributed by atoms with Crippen molar-refractivity contribution in [2.24, 2.45) is 0 Å². The molecule has 0 spiro atoms. The highest BCUT2D eigenvalue weighted by molar-refractivity contribution is 6.35. The Morgan fingerprint density at radius 2 is 1.75 bits per heavy atom. The predicted octanol–water partition coefficient (Wildman–Crippen LogP) is 1.52. The largest absolute Gasteiger partial charge is 0.497 e. The zero-order valence-corrected chi connectivity index (χ0v) is 14.1. The molecule has 6 heteroatoms. The monoisotopic (exact) mass is 330 g/mol. The summed E-state index contributed by atoms with van der Waals surface area (Å²) in [6.45, 7) is 4.76. The van der Waals surface area contributed by atoms with Gasteiger partial charge in [0.2, 0.25) is 0 Å². The van der Waals surface area contributed by atoms with Gasteiger partial charge in [0, 0.05) is 19.6 Å². The summed E-state index contributed by atoms with van der Waals surface area (Å²) in [4.78, 5) is 29.0. The fourth-order valence-electron chi connectivity index (χ4n) is 3.09. The number of carbonyl (C=O) groups is 2. The molecule has 0 aromatic heterocycles. The summed E-state index contributed by atoms with van der Waals surface area (Å²) in [6.07, 6.45) is 0.740. The molecule has 1 fully saturated rings. The molecule has 0 unspecified atom stereocenters. The van der Waals surface area contributed by atoms with Crippen LogP contribution in [0.15, 0.2) is 30.0 Å². The van der Waals surface area contributed by atoms with E-state index in [0.29, 0.717) is 44.1 Å². The van der Waals surface area contributed by atoms with Gasteiger partial charge in [-0.25, -0.2) is 0 Å². The lowest BCUT2D eigenvalue weighted by atomic mass is 10.0. The van der Waals surface area contributed by atoms with Crippen molar-refractivity contribution in [3.8, 4) is 5.75 Å². The molecular formula is C18H22N2O4. The number of methoxy groups -OCH3 is 1. The zero-order chi connectivity index (χ0) is 17.1. The van der Waals surface area contributed by atoms with Crippen LogP contribution in [0.1, 0.15) is 18.9 Å². The molecule has 3 rings (SSSR count). The number of amides is 2. The van der Waals surface area contributed by atoms with Crippen molar-refractivity contribution in [1.82, 2.24) is 9.80 Å². The van der Waals surface area contributed by atoms with Gasteiger partial charge in [0.25, 0.3) is 11.8 Å². The van der Waals surface area contributed by atoms with Gasteiger partial charge in [-0.1, -0.05) is 19.1 Å². The van der Waals surface area contributed by atoms with Crippen LogP contribution in [-0.4, -0.2) is 61.6 Å². The highest BCUT2D eigenvalue weighted by atomic mass is 16.5. The summed E-state index contributed by atoms with van der Waals surface area (Å²) in [5.74, 6) is 0.303. The third kappa shape index (κ3) is 2.89. The maximum Gasteiger partial charge on any atom is 0.277 e. The minimum Gasteiger partial charge on any atom is -0.497 e. The number of morpholine rings is 1. The predicted molar refractivity (Wildman–Crippen MR) is 89.3 cm³/mol. The second-order valence-corrected chi connectivity index (χ2v) is 5.81. The Labute approximate surface area is 141 Å². The molecule has 6 nitrogen and oxygen atoms in total. The van der Waals surface area contributed by atoms with Crippen LogP contribution >= 0.6 is 0 Å². The van der Waals surface area contributed by atoms with E-state index in [1.54, 1.807) is 19.2 Å². The quantitative estimate of drug-likeness (QED) is 0.766. The third-order valence-corrected chi connectivity index (χ3v) is 4.30. The molecule has 1 saturated heterocycles. The molecule has 0 N–H and O–H groups in total. The number of nitrogens with zero attached hydrogens (tertiary/aromatic N) is 2. The van der Waals surface area contributed by atoms with E-state index < -0.39 is 0 Å². The van der Waals surface area contributed by atoms with Crippen molar-refractivity contribution in [2.45, 2.75) is 13.3 Å². The Balaban J connectivity index is 2.04. The lowest BCUT2D eigenvalue weighted by molar-refractivity contribution is -0.137. The molecule has 24 heavy (non-hydrogen) atoms. The number of ether oxygens (including phenoxy) is 2. The molecule has 2 amide bonds. The first-order valence-corrected chi connectivity index (χ1v) is 8.25. The third-order valence-electron chi connectivity index (χ3n) is 4.30. The van der Waals surface area contributed by atoms with Crippen LogP contribution in [0.4, 0.5) is 0 Å². The molecule has 0 atom stereocenters. The minimum absolute atomic E-state index is 0.199. The molecule has 2 aliphatic heterocycles. The van der Waals surface area contributed by atoms with Crippen LogP contribution in [0, 0.1) is 0 Å². The Kier molecular flexibility index (Phi) is 4.85. The van der Waals surface area contributed by atoms with Crippen LogP contribution in [0.25, 0.3) is 5.57 Å². The Morgan fingerprint density at radius 1 is 1.08 bits per heavy atom. The van der Waals surface area contributed by atoms with Gasteiger partial charge >= 0.3 is 0 Å². The topological polar surface area (TPSA) is 59.1 Å². The summed E-state index contributed by atoms with van der Waals surface area (Å²) in [5, 5.41) is 0. The van der Waals surface area contributed by atoms with Crippen molar-refractivity contribution < 1.29 is 19.1 Å². The molecule has 128 valence electrons. The summed E-state index contributed by atoms with van der Waals surface area (Å²) in [6, 6.07) is 7.27. The van der Waals surface area contributed by atoms with Crippen molar-refractivity contribution in [3.63, 3.8) is 0 Å². The Hall–Kier alpha value is -2.34. The fourth-order valence-corrected chi connectivity index (χ4v) is 3.09. The van der Waals surface area contributed by atoms with Crippen LogP contribution in [-0.2, 0) is 14.3 Å². The van der Waals surface area contributed by atoms with Crippen LogP contribution in [0.2, 0.25) is 0 Å². The number of rotatable bonds is 5. The smallest absolute Gasteiger partial charge is 0.277 e. The molecular weight excluding hydrogens is 308 g/mol. The standard InChI is InChI=1S/C18H22N2O4/c1-3-8-20-17(21)15(13-4-6-14(23-2)7-5-13)16(18(20)22)19-9-11-24-12-10-19/h4-7H,3,8-12H2,1-2H3. The molecule has 0 radical (unpaired) electrons. The van der Waals surface area contributed by atoms with Gasteiger partial charge in [-0.2, -0.15) is 0 Å². The average Bonchev–Trinajstić information content (AvgIpc) is 2.87. The van der Waals surface area contributed by atoms with E-state index in [1.165, 1.54) is 4.90 Å². The molecule has 0 saturated carbocycles.